The summed E-state index contributed by atoms with van der Waals surface area (Å²) in [6, 6.07) is 2.03. The molecule has 0 aromatic heterocycles. The van der Waals surface area contributed by atoms with Gasteiger partial charge in [-0.3, -0.25) is 4.79 Å². The summed E-state index contributed by atoms with van der Waals surface area (Å²) in [7, 11) is 0. The number of esters is 1. The number of carbonyl (C=O) groups excluding carboxylic acids is 1. The number of nitrogens with two attached hydrogens (primary N) is 1. The van der Waals surface area contributed by atoms with Crippen LogP contribution in [-0.2, 0) is 11.2 Å². The molecule has 0 bridgehead atoms. The molecular weight excluding hydrogens is 422 g/mol. The lowest BCUT2D eigenvalue weighted by molar-refractivity contribution is -0.132. The molecule has 1 aromatic carbocycles. The first-order chi connectivity index (χ1) is 16.0. The maximum absolute atomic E-state index is 11.7. The smallest absolute Gasteiger partial charge is 0.325 e. The van der Waals surface area contributed by atoms with Crippen LogP contribution in [0, 0.1) is 31.6 Å². The van der Waals surface area contributed by atoms with Crippen LogP contribution in [0.5, 0.6) is 11.5 Å². The molecule has 1 aromatic rings. The second-order valence-electron chi connectivity index (χ2n) is 11.7. The summed E-state index contributed by atoms with van der Waals surface area (Å²) in [5.74, 6) is 3.68. The van der Waals surface area contributed by atoms with Gasteiger partial charge in [0, 0.05) is 5.56 Å². The fourth-order valence-corrected chi connectivity index (χ4v) is 5.37. The minimum Gasteiger partial charge on any atom is -0.487 e. The van der Waals surface area contributed by atoms with Crippen molar-refractivity contribution in [2.24, 2.45) is 23.5 Å². The number of fused-ring (bicyclic) bond motifs is 1. The van der Waals surface area contributed by atoms with Crippen LogP contribution in [0.15, 0.2) is 6.07 Å². The summed E-state index contributed by atoms with van der Waals surface area (Å²) < 4.78 is 12.0. The topological polar surface area (TPSA) is 61.5 Å². The Morgan fingerprint density at radius 3 is 2.21 bits per heavy atom. The fraction of sp³-hybridized carbons (Fsp3) is 0.767. The van der Waals surface area contributed by atoms with Gasteiger partial charge < -0.3 is 15.2 Å². The molecule has 0 saturated heterocycles. The number of benzene rings is 1. The monoisotopic (exact) mass is 473 g/mol. The lowest BCUT2D eigenvalue weighted by Crippen LogP contribution is -2.36. The van der Waals surface area contributed by atoms with Crippen LogP contribution >= 0.6 is 0 Å². The summed E-state index contributed by atoms with van der Waals surface area (Å²) in [6.45, 7) is 15.6. The highest BCUT2D eigenvalue weighted by Gasteiger charge is 2.33. The molecule has 0 spiro atoms. The largest absolute Gasteiger partial charge is 0.487 e. The van der Waals surface area contributed by atoms with Crippen molar-refractivity contribution in [2.45, 2.75) is 125 Å². The average Bonchev–Trinajstić information content (AvgIpc) is 2.75. The average molecular weight is 474 g/mol. The SMILES string of the molecule is Cc1cc2c(c(C)c1OC(=O)CN)CCC(C)(CCCC(C)CCCC(C)CCCC(C)C)O2. The molecular formula is C30H51NO3. The molecule has 4 nitrogen and oxygen atoms in total. The van der Waals surface area contributed by atoms with Gasteiger partial charge in [0.05, 0.1) is 6.54 Å². The number of hydrogen-bond donors (Lipinski definition) is 1. The second-order valence-corrected chi connectivity index (χ2v) is 11.7. The highest BCUT2D eigenvalue weighted by Crippen LogP contribution is 2.42. The standard InChI is InChI=1S/C30H51NO3/c1-21(2)11-8-12-22(3)13-9-14-23(4)15-10-17-30(7)18-16-26-25(6)29(33-28(32)20-31)24(5)19-27(26)34-30/h19,21-23H,8-18,20,31H2,1-7H3. The molecule has 3 unspecified atom stereocenters. The van der Waals surface area contributed by atoms with E-state index in [-0.39, 0.29) is 12.1 Å². The van der Waals surface area contributed by atoms with E-state index < -0.39 is 5.97 Å². The van der Waals surface area contributed by atoms with Crippen LogP contribution in [0.2, 0.25) is 0 Å². The molecule has 34 heavy (non-hydrogen) atoms. The first-order valence-electron chi connectivity index (χ1n) is 13.8. The van der Waals surface area contributed by atoms with Crippen molar-refractivity contribution in [3.8, 4) is 11.5 Å². The molecule has 4 heteroatoms. The molecule has 0 fully saturated rings. The Bertz CT molecular complexity index is 788. The van der Waals surface area contributed by atoms with Crippen LogP contribution in [-0.4, -0.2) is 18.1 Å². The molecule has 2 N–H and O–H groups in total. The van der Waals surface area contributed by atoms with Crippen molar-refractivity contribution < 1.29 is 14.3 Å². The molecule has 0 amide bonds. The quantitative estimate of drug-likeness (QED) is 0.222. The lowest BCUT2D eigenvalue weighted by atomic mass is 9.85. The van der Waals surface area contributed by atoms with E-state index in [1.54, 1.807) is 0 Å². The summed E-state index contributed by atoms with van der Waals surface area (Å²) >= 11 is 0. The summed E-state index contributed by atoms with van der Waals surface area (Å²) in [5, 5.41) is 0. The Kier molecular flexibility index (Phi) is 11.4. The van der Waals surface area contributed by atoms with E-state index in [1.165, 1.54) is 56.9 Å². The van der Waals surface area contributed by atoms with Gasteiger partial charge in [-0.2, -0.15) is 0 Å². The normalized spacial score (nSPS) is 19.4. The van der Waals surface area contributed by atoms with Gasteiger partial charge in [-0.1, -0.05) is 72.6 Å². The van der Waals surface area contributed by atoms with Crippen molar-refractivity contribution in [3.05, 3.63) is 22.8 Å². The summed E-state index contributed by atoms with van der Waals surface area (Å²) in [4.78, 5) is 11.7. The maximum Gasteiger partial charge on any atom is 0.325 e. The van der Waals surface area contributed by atoms with Gasteiger partial charge in [-0.15, -0.1) is 0 Å². The lowest BCUT2D eigenvalue weighted by Gasteiger charge is -2.37. The van der Waals surface area contributed by atoms with E-state index in [0.717, 1.165) is 53.9 Å². The van der Waals surface area contributed by atoms with E-state index in [2.05, 4.69) is 34.6 Å². The van der Waals surface area contributed by atoms with E-state index in [0.29, 0.717) is 5.75 Å². The van der Waals surface area contributed by atoms with Crippen LogP contribution in [0.4, 0.5) is 0 Å². The second kappa shape index (κ2) is 13.5. The Hall–Kier alpha value is -1.55. The number of ether oxygens (including phenoxy) is 2. The molecule has 3 atom stereocenters. The Balaban J connectivity index is 1.78. The van der Waals surface area contributed by atoms with Gasteiger partial charge in [-0.05, 0) is 81.4 Å². The molecule has 0 aliphatic carbocycles. The Labute approximate surface area is 209 Å². The van der Waals surface area contributed by atoms with E-state index in [9.17, 15) is 4.79 Å². The highest BCUT2D eigenvalue weighted by molar-refractivity contribution is 5.75. The molecule has 194 valence electrons. The van der Waals surface area contributed by atoms with E-state index in [1.807, 2.05) is 19.9 Å². The van der Waals surface area contributed by atoms with Crippen molar-refractivity contribution in [1.29, 1.82) is 0 Å². The predicted octanol–water partition coefficient (Wildman–Crippen LogP) is 7.69. The molecule has 1 heterocycles. The third-order valence-electron chi connectivity index (χ3n) is 7.71. The number of aryl methyl sites for hydroxylation is 1. The van der Waals surface area contributed by atoms with Crippen molar-refractivity contribution in [3.63, 3.8) is 0 Å². The third-order valence-corrected chi connectivity index (χ3v) is 7.71. The zero-order valence-electron chi connectivity index (χ0n) is 23.1. The first-order valence-corrected chi connectivity index (χ1v) is 13.8. The van der Waals surface area contributed by atoms with Crippen LogP contribution in [0.25, 0.3) is 0 Å². The van der Waals surface area contributed by atoms with Gasteiger partial charge in [0.1, 0.15) is 17.1 Å². The van der Waals surface area contributed by atoms with Crippen molar-refractivity contribution >= 4 is 5.97 Å². The van der Waals surface area contributed by atoms with Crippen LogP contribution in [0.1, 0.15) is 116 Å². The van der Waals surface area contributed by atoms with Crippen molar-refractivity contribution in [2.75, 3.05) is 6.54 Å². The number of hydrogen-bond acceptors (Lipinski definition) is 4. The molecule has 0 radical (unpaired) electrons. The minimum absolute atomic E-state index is 0.111. The molecule has 2 rings (SSSR count). The van der Waals surface area contributed by atoms with Crippen LogP contribution < -0.4 is 15.2 Å². The van der Waals surface area contributed by atoms with Gasteiger partial charge in [-0.25, -0.2) is 0 Å². The zero-order chi connectivity index (χ0) is 25.3. The molecule has 1 aliphatic heterocycles. The van der Waals surface area contributed by atoms with Gasteiger partial charge in [0.2, 0.25) is 0 Å². The summed E-state index contributed by atoms with van der Waals surface area (Å²) in [5.41, 5.74) is 8.41. The van der Waals surface area contributed by atoms with Crippen LogP contribution in [0.3, 0.4) is 0 Å². The van der Waals surface area contributed by atoms with E-state index in [4.69, 9.17) is 15.2 Å². The maximum atomic E-state index is 11.7. The third kappa shape index (κ3) is 8.91. The zero-order valence-corrected chi connectivity index (χ0v) is 23.1. The first kappa shape index (κ1) is 28.7. The fourth-order valence-electron chi connectivity index (χ4n) is 5.37. The Morgan fingerprint density at radius 1 is 1.03 bits per heavy atom. The van der Waals surface area contributed by atoms with Gasteiger partial charge in [0.25, 0.3) is 0 Å². The predicted molar refractivity (Wildman–Crippen MR) is 143 cm³/mol. The summed E-state index contributed by atoms with van der Waals surface area (Å²) in [6.07, 6.45) is 13.7. The van der Waals surface area contributed by atoms with Gasteiger partial charge in [0.15, 0.2) is 0 Å². The molecule has 1 aliphatic rings. The number of rotatable bonds is 14. The molecule has 0 saturated carbocycles. The van der Waals surface area contributed by atoms with Crippen molar-refractivity contribution in [1.82, 2.24) is 0 Å². The minimum atomic E-state index is -0.401. The highest BCUT2D eigenvalue weighted by atomic mass is 16.5. The Morgan fingerprint density at radius 2 is 1.62 bits per heavy atom. The van der Waals surface area contributed by atoms with E-state index >= 15 is 0 Å². The number of carbonyl (C=O) groups is 1. The van der Waals surface area contributed by atoms with Gasteiger partial charge >= 0.3 is 5.97 Å².